The molecular weight excluding hydrogens is 330 g/mol. The van der Waals surface area contributed by atoms with Gasteiger partial charge in [0.1, 0.15) is 0 Å². The quantitative estimate of drug-likeness (QED) is 0.832. The molecule has 5 nitrogen and oxygen atoms in total. The minimum absolute atomic E-state index is 0.483. The highest BCUT2D eigenvalue weighted by Gasteiger charge is 2.14. The lowest BCUT2D eigenvalue weighted by Crippen LogP contribution is -2.21. The summed E-state index contributed by atoms with van der Waals surface area (Å²) in [5, 5.41) is 12.5. The van der Waals surface area contributed by atoms with Crippen molar-refractivity contribution in [1.29, 1.82) is 0 Å². The Morgan fingerprint density at radius 3 is 2.71 bits per heavy atom. The lowest BCUT2D eigenvalue weighted by atomic mass is 10.3. The normalized spacial score (nSPS) is 11.5. The van der Waals surface area contributed by atoms with Gasteiger partial charge in [0, 0.05) is 30.9 Å². The van der Waals surface area contributed by atoms with Gasteiger partial charge in [0.05, 0.1) is 28.6 Å². The fourth-order valence-electron chi connectivity index (χ4n) is 2.23. The Balaban J connectivity index is 2.13. The van der Waals surface area contributed by atoms with E-state index in [0.29, 0.717) is 6.04 Å². The van der Waals surface area contributed by atoms with Crippen molar-refractivity contribution in [1.82, 2.24) is 24.9 Å². The molecule has 2 aromatic rings. The standard InChI is InChI=1S/C15H24BrN5/c1-5-13-15(16)14(21(6-2)19-13)10-20-9-12(8-18-20)7-17-11(3)4/h8-9,11,17H,5-7,10H2,1-4H3. The Kier molecular flexibility index (Phi) is 5.58. The number of aryl methyl sites for hydroxylation is 2. The van der Waals surface area contributed by atoms with Crippen molar-refractivity contribution < 1.29 is 0 Å². The first kappa shape index (κ1) is 16.2. The molecular formula is C15H24BrN5. The molecule has 0 spiro atoms. The van der Waals surface area contributed by atoms with E-state index in [-0.39, 0.29) is 0 Å². The first-order valence-electron chi connectivity index (χ1n) is 7.53. The number of nitrogens with zero attached hydrogens (tertiary/aromatic N) is 4. The fraction of sp³-hybridized carbons (Fsp3) is 0.600. The van der Waals surface area contributed by atoms with E-state index in [2.05, 4.69) is 70.0 Å². The average molecular weight is 354 g/mol. The third kappa shape index (κ3) is 3.95. The number of hydrogen-bond donors (Lipinski definition) is 1. The van der Waals surface area contributed by atoms with Crippen molar-refractivity contribution in [3.05, 3.63) is 33.8 Å². The SMILES string of the molecule is CCc1nn(CC)c(Cn2cc(CNC(C)C)cn2)c1Br. The van der Waals surface area contributed by atoms with E-state index >= 15 is 0 Å². The van der Waals surface area contributed by atoms with E-state index in [1.807, 2.05) is 10.9 Å². The average Bonchev–Trinajstić information content (AvgIpc) is 3.03. The molecule has 0 aliphatic rings. The van der Waals surface area contributed by atoms with E-state index in [1.165, 1.54) is 11.3 Å². The van der Waals surface area contributed by atoms with Crippen LogP contribution in [0.4, 0.5) is 0 Å². The van der Waals surface area contributed by atoms with Crippen LogP contribution in [0.5, 0.6) is 0 Å². The summed E-state index contributed by atoms with van der Waals surface area (Å²) >= 11 is 3.68. The second-order valence-electron chi connectivity index (χ2n) is 5.46. The first-order valence-corrected chi connectivity index (χ1v) is 8.33. The Hall–Kier alpha value is -1.14. The smallest absolute Gasteiger partial charge is 0.0839 e. The molecule has 0 bridgehead atoms. The van der Waals surface area contributed by atoms with Crippen molar-refractivity contribution in [2.45, 2.75) is 59.8 Å². The summed E-state index contributed by atoms with van der Waals surface area (Å²) in [5.74, 6) is 0. The number of rotatable bonds is 7. The minimum Gasteiger partial charge on any atom is -0.310 e. The zero-order valence-corrected chi connectivity index (χ0v) is 14.8. The summed E-state index contributed by atoms with van der Waals surface area (Å²) in [6, 6.07) is 0.483. The van der Waals surface area contributed by atoms with Gasteiger partial charge >= 0.3 is 0 Å². The van der Waals surface area contributed by atoms with E-state index in [4.69, 9.17) is 0 Å². The molecule has 0 aliphatic heterocycles. The van der Waals surface area contributed by atoms with Gasteiger partial charge in [-0.05, 0) is 29.3 Å². The van der Waals surface area contributed by atoms with Crippen molar-refractivity contribution in [2.75, 3.05) is 0 Å². The maximum Gasteiger partial charge on any atom is 0.0839 e. The van der Waals surface area contributed by atoms with Crippen LogP contribution in [-0.4, -0.2) is 25.6 Å². The van der Waals surface area contributed by atoms with Crippen LogP contribution < -0.4 is 5.32 Å². The highest BCUT2D eigenvalue weighted by Crippen LogP contribution is 2.23. The summed E-state index contributed by atoms with van der Waals surface area (Å²) in [4.78, 5) is 0. The molecule has 0 unspecified atom stereocenters. The largest absolute Gasteiger partial charge is 0.310 e. The van der Waals surface area contributed by atoms with Crippen LogP contribution in [0.25, 0.3) is 0 Å². The Morgan fingerprint density at radius 1 is 1.33 bits per heavy atom. The van der Waals surface area contributed by atoms with Crippen molar-refractivity contribution in [3.63, 3.8) is 0 Å². The molecule has 0 aliphatic carbocycles. The Bertz CT molecular complexity index is 585. The fourth-order valence-corrected chi connectivity index (χ4v) is 2.92. The second kappa shape index (κ2) is 7.22. The first-order chi connectivity index (χ1) is 10.0. The number of aromatic nitrogens is 4. The summed E-state index contributed by atoms with van der Waals surface area (Å²) in [6.45, 7) is 11.0. The predicted octanol–water partition coefficient (Wildman–Crippen LogP) is 2.97. The van der Waals surface area contributed by atoms with Gasteiger partial charge in [0.25, 0.3) is 0 Å². The van der Waals surface area contributed by atoms with Crippen LogP contribution in [0.1, 0.15) is 44.6 Å². The monoisotopic (exact) mass is 353 g/mol. The van der Waals surface area contributed by atoms with Crippen LogP contribution in [0.3, 0.4) is 0 Å². The highest BCUT2D eigenvalue weighted by molar-refractivity contribution is 9.10. The van der Waals surface area contributed by atoms with Crippen LogP contribution in [0.15, 0.2) is 16.9 Å². The predicted molar refractivity (Wildman–Crippen MR) is 88.3 cm³/mol. The van der Waals surface area contributed by atoms with Gasteiger partial charge < -0.3 is 5.32 Å². The molecule has 0 atom stereocenters. The van der Waals surface area contributed by atoms with Crippen LogP contribution in [0.2, 0.25) is 0 Å². The molecule has 116 valence electrons. The molecule has 0 radical (unpaired) electrons. The molecule has 2 aromatic heterocycles. The summed E-state index contributed by atoms with van der Waals surface area (Å²) in [7, 11) is 0. The third-order valence-corrected chi connectivity index (χ3v) is 4.32. The summed E-state index contributed by atoms with van der Waals surface area (Å²) in [6.07, 6.45) is 4.96. The lowest BCUT2D eigenvalue weighted by molar-refractivity contribution is 0.570. The van der Waals surface area contributed by atoms with Gasteiger partial charge in [0.15, 0.2) is 0 Å². The van der Waals surface area contributed by atoms with Gasteiger partial charge in [0.2, 0.25) is 0 Å². The van der Waals surface area contributed by atoms with Gasteiger partial charge in [-0.3, -0.25) is 9.36 Å². The number of hydrogen-bond acceptors (Lipinski definition) is 3. The van der Waals surface area contributed by atoms with E-state index in [9.17, 15) is 0 Å². The highest BCUT2D eigenvalue weighted by atomic mass is 79.9. The molecule has 0 saturated heterocycles. The Morgan fingerprint density at radius 2 is 2.10 bits per heavy atom. The molecule has 21 heavy (non-hydrogen) atoms. The van der Waals surface area contributed by atoms with E-state index in [1.54, 1.807) is 0 Å². The lowest BCUT2D eigenvalue weighted by Gasteiger charge is -2.06. The molecule has 0 fully saturated rings. The molecule has 0 saturated carbocycles. The zero-order chi connectivity index (χ0) is 15.4. The van der Waals surface area contributed by atoms with Crippen molar-refractivity contribution in [3.8, 4) is 0 Å². The summed E-state index contributed by atoms with van der Waals surface area (Å²) in [5.41, 5.74) is 3.50. The maximum atomic E-state index is 4.63. The van der Waals surface area contributed by atoms with Crippen LogP contribution >= 0.6 is 15.9 Å². The maximum absolute atomic E-state index is 4.63. The van der Waals surface area contributed by atoms with Crippen LogP contribution in [0, 0.1) is 0 Å². The molecule has 6 heteroatoms. The molecule has 2 heterocycles. The van der Waals surface area contributed by atoms with Crippen molar-refractivity contribution >= 4 is 15.9 Å². The van der Waals surface area contributed by atoms with Gasteiger partial charge in [-0.15, -0.1) is 0 Å². The van der Waals surface area contributed by atoms with Crippen LogP contribution in [-0.2, 0) is 26.1 Å². The van der Waals surface area contributed by atoms with Gasteiger partial charge in [-0.1, -0.05) is 20.8 Å². The van der Waals surface area contributed by atoms with Gasteiger partial charge in [-0.25, -0.2) is 0 Å². The van der Waals surface area contributed by atoms with Crippen molar-refractivity contribution in [2.24, 2.45) is 0 Å². The minimum atomic E-state index is 0.483. The summed E-state index contributed by atoms with van der Waals surface area (Å²) < 4.78 is 5.14. The van der Waals surface area contributed by atoms with Gasteiger partial charge in [-0.2, -0.15) is 10.2 Å². The van der Waals surface area contributed by atoms with E-state index in [0.717, 1.165) is 36.2 Å². The number of halogens is 1. The zero-order valence-electron chi connectivity index (χ0n) is 13.2. The van der Waals surface area contributed by atoms with E-state index < -0.39 is 0 Å². The molecule has 1 N–H and O–H groups in total. The Labute approximate surface area is 134 Å². The number of nitrogens with one attached hydrogen (secondary N) is 1. The molecule has 2 rings (SSSR count). The third-order valence-electron chi connectivity index (χ3n) is 3.41. The topological polar surface area (TPSA) is 47.7 Å². The second-order valence-corrected chi connectivity index (χ2v) is 6.25. The molecule has 0 amide bonds. The molecule has 0 aromatic carbocycles.